The molecule has 118 valence electrons. The van der Waals surface area contributed by atoms with E-state index in [1.54, 1.807) is 4.90 Å². The van der Waals surface area contributed by atoms with Crippen molar-refractivity contribution >= 4 is 21.8 Å². The Morgan fingerprint density at radius 1 is 1.33 bits per heavy atom. The monoisotopic (exact) mass is 356 g/mol. The van der Waals surface area contributed by atoms with Gasteiger partial charge in [-0.1, -0.05) is 22.9 Å². The van der Waals surface area contributed by atoms with Crippen molar-refractivity contribution in [1.29, 1.82) is 0 Å². The van der Waals surface area contributed by atoms with Crippen molar-refractivity contribution in [3.05, 3.63) is 28.2 Å². The van der Waals surface area contributed by atoms with Crippen LogP contribution in [0.1, 0.15) is 32.8 Å². The number of nitrogens with zero attached hydrogens (tertiary/aromatic N) is 1. The van der Waals surface area contributed by atoms with Gasteiger partial charge in [0.2, 0.25) is 0 Å². The summed E-state index contributed by atoms with van der Waals surface area (Å²) in [5.74, 6) is 0.747. The van der Waals surface area contributed by atoms with E-state index >= 15 is 0 Å². The first-order valence-corrected chi connectivity index (χ1v) is 8.25. The van der Waals surface area contributed by atoms with Crippen molar-refractivity contribution in [3.8, 4) is 5.75 Å². The average molecular weight is 357 g/mol. The molecule has 5 heteroatoms. The molecule has 1 unspecified atom stereocenters. The maximum Gasteiger partial charge on any atom is 0.260 e. The standard InChI is InChI=1S/C16H25BrN2O2/c1-4-14(18)10-12-9-13(17)7-8-15(12)21-11-16(20)19(5-2)6-3/h7-9,14H,4-6,10-11,18H2,1-3H3. The fourth-order valence-electron chi connectivity index (χ4n) is 2.08. The van der Waals surface area contributed by atoms with Gasteiger partial charge in [-0.2, -0.15) is 0 Å². The number of amides is 1. The minimum absolute atomic E-state index is 0.00802. The minimum Gasteiger partial charge on any atom is -0.483 e. The zero-order chi connectivity index (χ0) is 15.8. The van der Waals surface area contributed by atoms with Crippen LogP contribution < -0.4 is 10.5 Å². The Balaban J connectivity index is 2.76. The SMILES string of the molecule is CCC(N)Cc1cc(Br)ccc1OCC(=O)N(CC)CC. The zero-order valence-electron chi connectivity index (χ0n) is 13.1. The molecule has 1 rings (SSSR count). The molecule has 2 N–H and O–H groups in total. The van der Waals surface area contributed by atoms with E-state index in [0.29, 0.717) is 13.1 Å². The molecule has 0 radical (unpaired) electrons. The summed E-state index contributed by atoms with van der Waals surface area (Å²) in [6.07, 6.45) is 1.65. The van der Waals surface area contributed by atoms with Crippen LogP contribution in [-0.4, -0.2) is 36.5 Å². The summed E-state index contributed by atoms with van der Waals surface area (Å²) in [7, 11) is 0. The number of carbonyl (C=O) groups excluding carboxylic acids is 1. The number of rotatable bonds is 8. The Hall–Kier alpha value is -1.07. The number of benzene rings is 1. The van der Waals surface area contributed by atoms with Crippen LogP contribution >= 0.6 is 15.9 Å². The van der Waals surface area contributed by atoms with E-state index in [1.807, 2.05) is 32.0 Å². The predicted octanol–water partition coefficient (Wildman–Crippen LogP) is 2.98. The first-order valence-electron chi connectivity index (χ1n) is 7.46. The summed E-state index contributed by atoms with van der Waals surface area (Å²) in [5, 5.41) is 0. The van der Waals surface area contributed by atoms with Crippen molar-refractivity contribution < 1.29 is 9.53 Å². The smallest absolute Gasteiger partial charge is 0.260 e. The predicted molar refractivity (Wildman–Crippen MR) is 89.5 cm³/mol. The Morgan fingerprint density at radius 2 is 2.00 bits per heavy atom. The summed E-state index contributed by atoms with van der Waals surface area (Å²) in [6, 6.07) is 5.91. The summed E-state index contributed by atoms with van der Waals surface area (Å²) in [5.41, 5.74) is 7.06. The van der Waals surface area contributed by atoms with Crippen LogP contribution in [0.5, 0.6) is 5.75 Å². The largest absolute Gasteiger partial charge is 0.483 e. The molecule has 0 saturated heterocycles. The number of likely N-dealkylation sites (N-methyl/N-ethyl adjacent to an activating group) is 1. The van der Waals surface area contributed by atoms with Gasteiger partial charge in [0.25, 0.3) is 5.91 Å². The topological polar surface area (TPSA) is 55.6 Å². The molecule has 0 heterocycles. The Bertz CT molecular complexity index is 462. The van der Waals surface area contributed by atoms with E-state index in [0.717, 1.165) is 28.6 Å². The molecule has 1 atom stereocenters. The van der Waals surface area contributed by atoms with E-state index in [2.05, 4.69) is 22.9 Å². The molecule has 1 aromatic rings. The summed E-state index contributed by atoms with van der Waals surface area (Å²) < 4.78 is 6.71. The lowest BCUT2D eigenvalue weighted by Crippen LogP contribution is -2.34. The van der Waals surface area contributed by atoms with E-state index in [4.69, 9.17) is 10.5 Å². The van der Waals surface area contributed by atoms with E-state index < -0.39 is 0 Å². The van der Waals surface area contributed by atoms with E-state index in [1.165, 1.54) is 0 Å². The number of halogens is 1. The number of nitrogens with two attached hydrogens (primary N) is 1. The molecule has 0 aliphatic rings. The number of hydrogen-bond donors (Lipinski definition) is 1. The van der Waals surface area contributed by atoms with Gasteiger partial charge in [0.1, 0.15) is 5.75 Å². The maximum absolute atomic E-state index is 12.0. The molecule has 0 bridgehead atoms. The van der Waals surface area contributed by atoms with Gasteiger partial charge in [0.05, 0.1) is 0 Å². The second-order valence-electron chi connectivity index (χ2n) is 4.98. The normalized spacial score (nSPS) is 12.0. The van der Waals surface area contributed by atoms with Gasteiger partial charge in [-0.3, -0.25) is 4.79 Å². The molecular weight excluding hydrogens is 332 g/mol. The van der Waals surface area contributed by atoms with Crippen molar-refractivity contribution in [2.24, 2.45) is 5.73 Å². The van der Waals surface area contributed by atoms with E-state index in [-0.39, 0.29) is 18.6 Å². The zero-order valence-corrected chi connectivity index (χ0v) is 14.6. The highest BCUT2D eigenvalue weighted by Gasteiger charge is 2.13. The fraction of sp³-hybridized carbons (Fsp3) is 0.562. The molecule has 0 aromatic heterocycles. The molecule has 1 aromatic carbocycles. The van der Waals surface area contributed by atoms with Gasteiger partial charge >= 0.3 is 0 Å². The van der Waals surface area contributed by atoms with Gasteiger partial charge in [-0.25, -0.2) is 0 Å². The molecule has 21 heavy (non-hydrogen) atoms. The average Bonchev–Trinajstić information content (AvgIpc) is 2.47. The van der Waals surface area contributed by atoms with Gasteiger partial charge in [-0.15, -0.1) is 0 Å². The Morgan fingerprint density at radius 3 is 2.57 bits per heavy atom. The van der Waals surface area contributed by atoms with Gasteiger partial charge in [0.15, 0.2) is 6.61 Å². The highest BCUT2D eigenvalue weighted by Crippen LogP contribution is 2.24. The first kappa shape index (κ1) is 18.0. The molecule has 0 spiro atoms. The summed E-state index contributed by atoms with van der Waals surface area (Å²) in [4.78, 5) is 13.8. The lowest BCUT2D eigenvalue weighted by atomic mass is 10.0. The van der Waals surface area contributed by atoms with Gasteiger partial charge in [-0.05, 0) is 50.5 Å². The summed E-state index contributed by atoms with van der Waals surface area (Å²) >= 11 is 3.46. The highest BCUT2D eigenvalue weighted by atomic mass is 79.9. The minimum atomic E-state index is 0.00802. The maximum atomic E-state index is 12.0. The lowest BCUT2D eigenvalue weighted by Gasteiger charge is -2.20. The third-order valence-corrected chi connectivity index (χ3v) is 3.99. The van der Waals surface area contributed by atoms with Crippen LogP contribution in [0.15, 0.2) is 22.7 Å². The molecule has 0 fully saturated rings. The highest BCUT2D eigenvalue weighted by molar-refractivity contribution is 9.10. The summed E-state index contributed by atoms with van der Waals surface area (Å²) in [6.45, 7) is 7.46. The lowest BCUT2D eigenvalue weighted by molar-refractivity contribution is -0.132. The van der Waals surface area contributed by atoms with Crippen molar-refractivity contribution in [2.45, 2.75) is 39.7 Å². The van der Waals surface area contributed by atoms with Crippen LogP contribution in [-0.2, 0) is 11.2 Å². The molecule has 0 aliphatic heterocycles. The quantitative estimate of drug-likeness (QED) is 0.778. The Labute approximate surface area is 135 Å². The van der Waals surface area contributed by atoms with Crippen molar-refractivity contribution in [2.75, 3.05) is 19.7 Å². The fourth-order valence-corrected chi connectivity index (χ4v) is 2.49. The molecule has 0 aliphatic carbocycles. The van der Waals surface area contributed by atoms with Crippen LogP contribution in [0.3, 0.4) is 0 Å². The molecule has 0 saturated carbocycles. The molecule has 4 nitrogen and oxygen atoms in total. The van der Waals surface area contributed by atoms with Crippen LogP contribution in [0, 0.1) is 0 Å². The second-order valence-corrected chi connectivity index (χ2v) is 5.89. The molecule has 1 amide bonds. The van der Waals surface area contributed by atoms with Crippen LogP contribution in [0.25, 0.3) is 0 Å². The van der Waals surface area contributed by atoms with E-state index in [9.17, 15) is 4.79 Å². The van der Waals surface area contributed by atoms with Gasteiger partial charge in [0, 0.05) is 23.6 Å². The van der Waals surface area contributed by atoms with Crippen LogP contribution in [0.4, 0.5) is 0 Å². The van der Waals surface area contributed by atoms with Crippen LogP contribution in [0.2, 0.25) is 0 Å². The molecular formula is C16H25BrN2O2. The van der Waals surface area contributed by atoms with Crippen molar-refractivity contribution in [1.82, 2.24) is 4.90 Å². The third-order valence-electron chi connectivity index (χ3n) is 3.50. The van der Waals surface area contributed by atoms with Gasteiger partial charge < -0.3 is 15.4 Å². The van der Waals surface area contributed by atoms with Crippen molar-refractivity contribution in [3.63, 3.8) is 0 Å². The Kier molecular flexibility index (Phi) is 7.75. The number of hydrogen-bond acceptors (Lipinski definition) is 3. The first-order chi connectivity index (χ1) is 10.0. The number of carbonyl (C=O) groups is 1. The second kappa shape index (κ2) is 9.05. The third kappa shape index (κ3) is 5.67. The number of ether oxygens (including phenoxy) is 1.